The number of rotatable bonds is 2. The molecule has 1 saturated heterocycles. The molecule has 96 valence electrons. The number of hydrogen-bond acceptors (Lipinski definition) is 4. The van der Waals surface area contributed by atoms with Gasteiger partial charge in [-0.1, -0.05) is 18.2 Å². The van der Waals surface area contributed by atoms with Gasteiger partial charge < -0.3 is 4.52 Å². The lowest BCUT2D eigenvalue weighted by Gasteiger charge is -2.37. The van der Waals surface area contributed by atoms with Gasteiger partial charge in [0.2, 0.25) is 11.8 Å². The molecule has 7 heteroatoms. The smallest absolute Gasteiger partial charge is 0.414 e. The van der Waals surface area contributed by atoms with E-state index in [4.69, 9.17) is 4.52 Å². The van der Waals surface area contributed by atoms with Crippen LogP contribution in [-0.2, 0) is 14.2 Å². The molecular weight excluding hydrogens is 255 g/mol. The van der Waals surface area contributed by atoms with Gasteiger partial charge in [0.1, 0.15) is 12.2 Å². The van der Waals surface area contributed by atoms with Crippen LogP contribution in [0.25, 0.3) is 0 Å². The summed E-state index contributed by atoms with van der Waals surface area (Å²) in [5.74, 6) is -0.656. The molecular formula is C11H13N2O4P. The molecule has 0 bridgehead atoms. The number of para-hydroxylation sites is 1. The van der Waals surface area contributed by atoms with Crippen molar-refractivity contribution in [2.75, 3.05) is 14.1 Å². The fourth-order valence-electron chi connectivity index (χ4n) is 1.58. The zero-order valence-corrected chi connectivity index (χ0v) is 11.0. The van der Waals surface area contributed by atoms with Gasteiger partial charge in [-0.2, -0.15) is 0 Å². The molecule has 1 aromatic rings. The van der Waals surface area contributed by atoms with Gasteiger partial charge in [-0.05, 0) is 12.1 Å². The highest BCUT2D eigenvalue weighted by atomic mass is 31.2. The summed E-state index contributed by atoms with van der Waals surface area (Å²) in [7, 11) is -0.922. The monoisotopic (exact) mass is 268 g/mol. The highest BCUT2D eigenvalue weighted by Gasteiger charge is 2.46. The fraction of sp³-hybridized carbons (Fsp3) is 0.273. The van der Waals surface area contributed by atoms with E-state index in [0.29, 0.717) is 5.75 Å². The Kier molecular flexibility index (Phi) is 3.13. The summed E-state index contributed by atoms with van der Waals surface area (Å²) < 4.78 is 20.1. The minimum absolute atomic E-state index is 0.283. The van der Waals surface area contributed by atoms with E-state index in [1.54, 1.807) is 30.3 Å². The topological polar surface area (TPSA) is 66.9 Å². The minimum atomic E-state index is -3.66. The minimum Gasteiger partial charge on any atom is -0.414 e. The van der Waals surface area contributed by atoms with Crippen molar-refractivity contribution in [3.63, 3.8) is 0 Å². The summed E-state index contributed by atoms with van der Waals surface area (Å²) >= 11 is 0. The predicted octanol–water partition coefficient (Wildman–Crippen LogP) is 1.49. The van der Waals surface area contributed by atoms with Gasteiger partial charge >= 0.3 is 7.67 Å². The highest BCUT2D eigenvalue weighted by molar-refractivity contribution is 7.56. The third-order valence-corrected chi connectivity index (χ3v) is 5.16. The van der Waals surface area contributed by atoms with E-state index in [1.807, 2.05) is 0 Å². The molecule has 0 aliphatic carbocycles. The van der Waals surface area contributed by atoms with E-state index >= 15 is 0 Å². The summed E-state index contributed by atoms with van der Waals surface area (Å²) in [5, 5.41) is 0. The lowest BCUT2D eigenvalue weighted by molar-refractivity contribution is -0.138. The summed E-state index contributed by atoms with van der Waals surface area (Å²) in [5.41, 5.74) is 0. The molecule has 0 aromatic heterocycles. The normalized spacial score (nSPS) is 19.0. The van der Waals surface area contributed by atoms with Crippen LogP contribution in [0.5, 0.6) is 5.75 Å². The van der Waals surface area contributed by atoms with E-state index in [1.165, 1.54) is 14.1 Å². The van der Waals surface area contributed by atoms with E-state index in [2.05, 4.69) is 0 Å². The Bertz CT molecular complexity index is 507. The van der Waals surface area contributed by atoms with Crippen LogP contribution in [0, 0.1) is 0 Å². The summed E-state index contributed by atoms with van der Waals surface area (Å²) in [4.78, 5) is 23.2. The number of carbonyl (C=O) groups excluding carboxylic acids is 2. The zero-order chi connectivity index (χ0) is 13.3. The Morgan fingerprint density at radius 2 is 1.56 bits per heavy atom. The quantitative estimate of drug-likeness (QED) is 0.602. The van der Waals surface area contributed by atoms with Gasteiger partial charge in [0.05, 0.1) is 0 Å². The molecule has 1 aromatic carbocycles. The maximum absolute atomic E-state index is 12.7. The summed E-state index contributed by atoms with van der Waals surface area (Å²) in [6, 6.07) is 8.45. The standard InChI is InChI=1S/C11H13N2O4P/c1-12-10(14)8-11(15)13(2)18(12,16)17-9-6-4-3-5-7-9/h3-7H,8H2,1-2H3. The lowest BCUT2D eigenvalue weighted by Crippen LogP contribution is -2.44. The SMILES string of the molecule is CN1C(=O)CC(=O)N(C)P1(=O)Oc1ccccc1. The average molecular weight is 268 g/mol. The van der Waals surface area contributed by atoms with Crippen molar-refractivity contribution in [3.8, 4) is 5.75 Å². The van der Waals surface area contributed by atoms with Crippen LogP contribution in [0.2, 0.25) is 0 Å². The Morgan fingerprint density at radius 3 is 2.06 bits per heavy atom. The fourth-order valence-corrected chi connectivity index (χ4v) is 3.33. The number of nitrogens with zero attached hydrogens (tertiary/aromatic N) is 2. The van der Waals surface area contributed by atoms with Crippen molar-refractivity contribution < 1.29 is 18.7 Å². The van der Waals surface area contributed by atoms with E-state index < -0.39 is 19.5 Å². The van der Waals surface area contributed by atoms with Crippen molar-refractivity contribution in [2.45, 2.75) is 6.42 Å². The second-order valence-electron chi connectivity index (χ2n) is 3.91. The Morgan fingerprint density at radius 1 is 1.06 bits per heavy atom. The van der Waals surface area contributed by atoms with Crippen LogP contribution >= 0.6 is 7.67 Å². The van der Waals surface area contributed by atoms with Gasteiger partial charge in [0.25, 0.3) is 0 Å². The molecule has 2 rings (SSSR count). The third-order valence-electron chi connectivity index (χ3n) is 2.75. The van der Waals surface area contributed by atoms with Crippen LogP contribution in [0.1, 0.15) is 6.42 Å². The molecule has 6 nitrogen and oxygen atoms in total. The maximum Gasteiger partial charge on any atom is 0.453 e. The van der Waals surface area contributed by atoms with Crippen molar-refractivity contribution in [1.82, 2.24) is 9.34 Å². The number of carbonyl (C=O) groups is 2. The number of amides is 2. The number of hydrogen-bond donors (Lipinski definition) is 0. The van der Waals surface area contributed by atoms with Gasteiger partial charge in [-0.15, -0.1) is 0 Å². The van der Waals surface area contributed by atoms with Crippen molar-refractivity contribution in [2.24, 2.45) is 0 Å². The molecule has 1 aliphatic heterocycles. The zero-order valence-electron chi connectivity index (χ0n) is 10.1. The first-order valence-corrected chi connectivity index (χ1v) is 6.87. The molecule has 1 heterocycles. The van der Waals surface area contributed by atoms with Gasteiger partial charge in [0.15, 0.2) is 0 Å². The first-order chi connectivity index (χ1) is 8.45. The Balaban J connectivity index is 2.35. The lowest BCUT2D eigenvalue weighted by atomic mass is 10.3. The largest absolute Gasteiger partial charge is 0.453 e. The van der Waals surface area contributed by atoms with E-state index in [9.17, 15) is 14.2 Å². The second kappa shape index (κ2) is 4.46. The average Bonchev–Trinajstić information content (AvgIpc) is 2.36. The molecule has 1 aliphatic rings. The molecule has 18 heavy (non-hydrogen) atoms. The predicted molar refractivity (Wildman–Crippen MR) is 64.8 cm³/mol. The molecule has 0 unspecified atom stereocenters. The molecule has 0 spiro atoms. The Hall–Kier alpha value is -1.81. The first-order valence-electron chi connectivity index (χ1n) is 5.34. The molecule has 0 radical (unpaired) electrons. The maximum atomic E-state index is 12.7. The van der Waals surface area contributed by atoms with Crippen LogP contribution in [-0.4, -0.2) is 35.3 Å². The van der Waals surface area contributed by atoms with Crippen molar-refractivity contribution in [3.05, 3.63) is 30.3 Å². The molecule has 0 atom stereocenters. The van der Waals surface area contributed by atoms with E-state index in [-0.39, 0.29) is 6.42 Å². The van der Waals surface area contributed by atoms with Gasteiger partial charge in [-0.25, -0.2) is 13.9 Å². The molecule has 1 fully saturated rings. The number of benzene rings is 1. The van der Waals surface area contributed by atoms with Crippen LogP contribution < -0.4 is 4.52 Å². The Labute approximate surface area is 105 Å². The van der Waals surface area contributed by atoms with Crippen LogP contribution in [0.15, 0.2) is 30.3 Å². The van der Waals surface area contributed by atoms with E-state index in [0.717, 1.165) is 9.34 Å². The summed E-state index contributed by atoms with van der Waals surface area (Å²) in [6.45, 7) is 0. The van der Waals surface area contributed by atoms with Gasteiger partial charge in [0, 0.05) is 14.1 Å². The second-order valence-corrected chi connectivity index (χ2v) is 6.27. The third kappa shape index (κ3) is 1.99. The molecule has 0 saturated carbocycles. The highest BCUT2D eigenvalue weighted by Crippen LogP contribution is 2.54. The van der Waals surface area contributed by atoms with Crippen LogP contribution in [0.3, 0.4) is 0 Å². The first kappa shape index (κ1) is 12.6. The molecule has 0 N–H and O–H groups in total. The van der Waals surface area contributed by atoms with Crippen LogP contribution in [0.4, 0.5) is 0 Å². The van der Waals surface area contributed by atoms with Crippen molar-refractivity contribution in [1.29, 1.82) is 0 Å². The van der Waals surface area contributed by atoms with Gasteiger partial charge in [-0.3, -0.25) is 9.59 Å². The summed E-state index contributed by atoms with van der Waals surface area (Å²) in [6.07, 6.45) is -0.283. The van der Waals surface area contributed by atoms with Crippen molar-refractivity contribution >= 4 is 19.5 Å². The molecule has 2 amide bonds.